The molecule has 2 aromatic rings. The highest BCUT2D eigenvalue weighted by molar-refractivity contribution is 5.99. The fourth-order valence-corrected chi connectivity index (χ4v) is 2.24. The third kappa shape index (κ3) is 7.82. The van der Waals surface area contributed by atoms with Crippen LogP contribution in [-0.4, -0.2) is 55.5 Å². The van der Waals surface area contributed by atoms with Crippen molar-refractivity contribution in [2.45, 2.75) is 0 Å². The van der Waals surface area contributed by atoms with E-state index >= 15 is 0 Å². The zero-order valence-corrected chi connectivity index (χ0v) is 16.1. The number of amidine groups is 1. The number of rotatable bonds is 8. The van der Waals surface area contributed by atoms with Crippen molar-refractivity contribution in [3.63, 3.8) is 0 Å². The number of nitrogens with zero attached hydrogens (tertiary/aromatic N) is 4. The molecule has 0 aliphatic carbocycles. The van der Waals surface area contributed by atoms with Gasteiger partial charge in [0.1, 0.15) is 24.0 Å². The normalized spacial score (nSPS) is 10.8. The van der Waals surface area contributed by atoms with Crippen molar-refractivity contribution >= 4 is 23.2 Å². The summed E-state index contributed by atoms with van der Waals surface area (Å²) >= 11 is 0. The minimum absolute atomic E-state index is 0.255. The average Bonchev–Trinajstić information content (AvgIpc) is 2.67. The molecule has 2 amide bonds. The van der Waals surface area contributed by atoms with Gasteiger partial charge in [0.25, 0.3) is 0 Å². The highest BCUT2D eigenvalue weighted by Crippen LogP contribution is 2.20. The lowest BCUT2D eigenvalue weighted by molar-refractivity contribution is 0.262. The summed E-state index contributed by atoms with van der Waals surface area (Å²) in [5.41, 5.74) is 0.770. The standard InChI is InChI=1S/C19H22FN7O2/c1-27(2)18(24-13-21)12-23-6-7-29-17-9-14(20)8-16(10-17)26-19(28)25-15-4-3-5-22-11-15/h3-5,8-11,23H,6-7,12H2,1-2H3,(H2,25,26,28). The number of halogens is 1. The Kier molecular flexibility index (Phi) is 8.34. The van der Waals surface area contributed by atoms with Crippen LogP contribution in [0.2, 0.25) is 0 Å². The number of nitrogens with one attached hydrogen (secondary N) is 3. The molecule has 0 fully saturated rings. The molecule has 0 atom stereocenters. The number of aromatic nitrogens is 1. The SMILES string of the molecule is CN(C)C(CNCCOc1cc(F)cc(NC(=O)Nc2cccnc2)c1)=NC#N. The lowest BCUT2D eigenvalue weighted by Gasteiger charge is -2.15. The average molecular weight is 399 g/mol. The summed E-state index contributed by atoms with van der Waals surface area (Å²) in [5.74, 6) is 0.328. The molecule has 1 aromatic carbocycles. The van der Waals surface area contributed by atoms with Crippen LogP contribution in [-0.2, 0) is 0 Å². The number of ether oxygens (including phenoxy) is 1. The molecule has 0 unspecified atom stereocenters. The summed E-state index contributed by atoms with van der Waals surface area (Å²) in [5, 5.41) is 16.9. The molecule has 152 valence electrons. The molecule has 1 heterocycles. The smallest absolute Gasteiger partial charge is 0.323 e. The Hall–Kier alpha value is -3.71. The van der Waals surface area contributed by atoms with Gasteiger partial charge in [-0.15, -0.1) is 0 Å². The van der Waals surface area contributed by atoms with E-state index in [0.29, 0.717) is 24.6 Å². The summed E-state index contributed by atoms with van der Waals surface area (Å²) in [7, 11) is 3.58. The third-order valence-electron chi connectivity index (χ3n) is 3.57. The number of urea groups is 1. The van der Waals surface area contributed by atoms with Crippen LogP contribution in [0.4, 0.5) is 20.6 Å². The Morgan fingerprint density at radius 3 is 2.79 bits per heavy atom. The van der Waals surface area contributed by atoms with Crippen molar-refractivity contribution < 1.29 is 13.9 Å². The lowest BCUT2D eigenvalue weighted by atomic mass is 10.3. The Morgan fingerprint density at radius 1 is 1.31 bits per heavy atom. The number of hydrogen-bond acceptors (Lipinski definition) is 6. The summed E-state index contributed by atoms with van der Waals surface area (Å²) in [4.78, 5) is 21.4. The van der Waals surface area contributed by atoms with E-state index in [1.807, 2.05) is 0 Å². The van der Waals surface area contributed by atoms with Crippen LogP contribution in [0.3, 0.4) is 0 Å². The van der Waals surface area contributed by atoms with Gasteiger partial charge in [0.15, 0.2) is 0 Å². The number of nitriles is 1. The van der Waals surface area contributed by atoms with Crippen LogP contribution in [0.5, 0.6) is 5.75 Å². The van der Waals surface area contributed by atoms with E-state index in [2.05, 4.69) is 25.9 Å². The number of likely N-dealkylation sites (N-methyl/N-ethyl adjacent to an activating group) is 1. The summed E-state index contributed by atoms with van der Waals surface area (Å²) in [6.45, 7) is 1.12. The summed E-state index contributed by atoms with van der Waals surface area (Å²) in [6, 6.07) is 6.79. The van der Waals surface area contributed by atoms with Crippen LogP contribution in [0.1, 0.15) is 0 Å². The minimum Gasteiger partial charge on any atom is -0.492 e. The van der Waals surface area contributed by atoms with Gasteiger partial charge in [-0.2, -0.15) is 10.3 Å². The van der Waals surface area contributed by atoms with Gasteiger partial charge in [0.05, 0.1) is 18.4 Å². The van der Waals surface area contributed by atoms with Crippen LogP contribution in [0.15, 0.2) is 47.7 Å². The lowest BCUT2D eigenvalue weighted by Crippen LogP contribution is -2.35. The van der Waals surface area contributed by atoms with Crippen molar-refractivity contribution in [1.29, 1.82) is 5.26 Å². The number of benzene rings is 1. The predicted molar refractivity (Wildman–Crippen MR) is 108 cm³/mol. The number of hydrogen-bond donors (Lipinski definition) is 3. The van der Waals surface area contributed by atoms with E-state index in [-0.39, 0.29) is 18.0 Å². The first-order chi connectivity index (χ1) is 14.0. The van der Waals surface area contributed by atoms with Crippen molar-refractivity contribution in [3.05, 3.63) is 48.5 Å². The van der Waals surface area contributed by atoms with Crippen molar-refractivity contribution in [3.8, 4) is 11.9 Å². The van der Waals surface area contributed by atoms with Crippen molar-refractivity contribution in [2.24, 2.45) is 4.99 Å². The molecule has 0 saturated heterocycles. The Labute approximate surface area is 168 Å². The molecule has 2 rings (SSSR count). The van der Waals surface area contributed by atoms with Gasteiger partial charge in [-0.05, 0) is 18.2 Å². The van der Waals surface area contributed by atoms with Crippen LogP contribution < -0.4 is 20.7 Å². The topological polar surface area (TPSA) is 115 Å². The molecule has 0 spiro atoms. The summed E-state index contributed by atoms with van der Waals surface area (Å²) in [6.07, 6.45) is 4.83. The highest BCUT2D eigenvalue weighted by Gasteiger charge is 2.07. The van der Waals surface area contributed by atoms with Gasteiger partial charge >= 0.3 is 6.03 Å². The molecule has 0 saturated carbocycles. The molecule has 0 aliphatic rings. The largest absolute Gasteiger partial charge is 0.492 e. The van der Waals surface area contributed by atoms with Gasteiger partial charge in [-0.1, -0.05) is 0 Å². The second-order valence-electron chi connectivity index (χ2n) is 6.04. The van der Waals surface area contributed by atoms with Gasteiger partial charge in [-0.25, -0.2) is 9.18 Å². The van der Waals surface area contributed by atoms with E-state index < -0.39 is 11.8 Å². The first kappa shape index (κ1) is 21.6. The third-order valence-corrected chi connectivity index (χ3v) is 3.57. The zero-order chi connectivity index (χ0) is 21.1. The first-order valence-electron chi connectivity index (χ1n) is 8.73. The highest BCUT2D eigenvalue weighted by atomic mass is 19.1. The Morgan fingerprint density at radius 2 is 2.10 bits per heavy atom. The van der Waals surface area contributed by atoms with E-state index in [1.165, 1.54) is 24.4 Å². The molecular weight excluding hydrogens is 377 g/mol. The van der Waals surface area contributed by atoms with Gasteiger partial charge in [0, 0.05) is 44.7 Å². The number of carbonyl (C=O) groups is 1. The quantitative estimate of drug-likeness (QED) is 0.272. The predicted octanol–water partition coefficient (Wildman–Crippen LogP) is 2.27. The molecule has 0 aliphatic heterocycles. The molecular formula is C19H22FN7O2. The number of carbonyl (C=O) groups excluding carboxylic acids is 1. The first-order valence-corrected chi connectivity index (χ1v) is 8.73. The molecule has 3 N–H and O–H groups in total. The van der Waals surface area contributed by atoms with E-state index in [4.69, 9.17) is 10.00 Å². The van der Waals surface area contributed by atoms with E-state index in [1.54, 1.807) is 43.5 Å². The summed E-state index contributed by atoms with van der Waals surface area (Å²) < 4.78 is 19.4. The number of anilines is 2. The Bertz CT molecular complexity index is 882. The number of aliphatic imine (C=N–C) groups is 1. The molecule has 0 radical (unpaired) electrons. The second-order valence-corrected chi connectivity index (χ2v) is 6.04. The fourth-order valence-electron chi connectivity index (χ4n) is 2.24. The van der Waals surface area contributed by atoms with Crippen LogP contribution in [0, 0.1) is 17.3 Å². The van der Waals surface area contributed by atoms with Gasteiger partial charge < -0.3 is 25.6 Å². The number of pyridine rings is 1. The molecule has 10 heteroatoms. The maximum atomic E-state index is 13.8. The van der Waals surface area contributed by atoms with E-state index in [0.717, 1.165) is 0 Å². The maximum Gasteiger partial charge on any atom is 0.323 e. The van der Waals surface area contributed by atoms with Crippen molar-refractivity contribution in [2.75, 3.05) is 44.4 Å². The minimum atomic E-state index is -0.539. The second kappa shape index (κ2) is 11.2. The van der Waals surface area contributed by atoms with Crippen LogP contribution >= 0.6 is 0 Å². The van der Waals surface area contributed by atoms with E-state index in [9.17, 15) is 9.18 Å². The van der Waals surface area contributed by atoms with Gasteiger partial charge in [0.2, 0.25) is 6.19 Å². The maximum absolute atomic E-state index is 13.8. The van der Waals surface area contributed by atoms with Crippen molar-refractivity contribution in [1.82, 2.24) is 15.2 Å². The molecule has 29 heavy (non-hydrogen) atoms. The molecule has 1 aromatic heterocycles. The van der Waals surface area contributed by atoms with Gasteiger partial charge in [-0.3, -0.25) is 4.98 Å². The monoisotopic (exact) mass is 399 g/mol. The van der Waals surface area contributed by atoms with Crippen LogP contribution in [0.25, 0.3) is 0 Å². The number of amides is 2. The zero-order valence-electron chi connectivity index (χ0n) is 16.1. The fraction of sp³-hybridized carbons (Fsp3) is 0.263. The Balaban J connectivity index is 1.83. The molecule has 0 bridgehead atoms. The molecule has 9 nitrogen and oxygen atoms in total.